The predicted molar refractivity (Wildman–Crippen MR) is 87.4 cm³/mol. The second-order valence-electron chi connectivity index (χ2n) is 4.29. The zero-order valence-electron chi connectivity index (χ0n) is 10.1. The van der Waals surface area contributed by atoms with Crippen molar-refractivity contribution in [2.75, 3.05) is 13.2 Å². The van der Waals surface area contributed by atoms with Gasteiger partial charge in [0.2, 0.25) is 0 Å². The first kappa shape index (κ1) is 13.2. The Morgan fingerprint density at radius 2 is 1.74 bits per heavy atom. The summed E-state index contributed by atoms with van der Waals surface area (Å²) in [6.07, 6.45) is 0. The Morgan fingerprint density at radius 3 is 2.53 bits per heavy atom. The largest absolute Gasteiger partial charge is 0.486 e. The number of hydrogen-bond donors (Lipinski definition) is 0. The van der Waals surface area contributed by atoms with Crippen LogP contribution in [0.1, 0.15) is 16.0 Å². The van der Waals surface area contributed by atoms with Crippen LogP contribution in [0.25, 0.3) is 0 Å². The Kier molecular flexibility index (Phi) is 3.98. The van der Waals surface area contributed by atoms with E-state index < -0.39 is 0 Å². The van der Waals surface area contributed by atoms with Gasteiger partial charge in [0.1, 0.15) is 13.2 Å². The average Bonchev–Trinajstić information content (AvgIpc) is 2.46. The minimum absolute atomic E-state index is 0.163. The smallest absolute Gasteiger partial charge is 0.161 e. The molecule has 0 radical (unpaired) electrons. The second kappa shape index (κ2) is 5.71. The molecule has 1 atom stereocenters. The van der Waals surface area contributed by atoms with E-state index in [0.29, 0.717) is 13.2 Å². The van der Waals surface area contributed by atoms with E-state index in [1.54, 1.807) is 0 Å². The van der Waals surface area contributed by atoms with Crippen LogP contribution in [0.5, 0.6) is 11.5 Å². The maximum absolute atomic E-state index is 5.63. The van der Waals surface area contributed by atoms with Gasteiger partial charge in [0.15, 0.2) is 11.5 Å². The molecule has 4 heteroatoms. The van der Waals surface area contributed by atoms with Gasteiger partial charge in [-0.05, 0) is 51.9 Å². The fourth-order valence-corrected chi connectivity index (χ4v) is 3.89. The lowest BCUT2D eigenvalue weighted by molar-refractivity contribution is 0.171. The first-order valence-corrected chi connectivity index (χ1v) is 8.03. The topological polar surface area (TPSA) is 18.5 Å². The van der Waals surface area contributed by atoms with E-state index in [4.69, 9.17) is 9.47 Å². The molecule has 0 saturated heterocycles. The summed E-state index contributed by atoms with van der Waals surface area (Å²) in [5, 5.41) is 0. The van der Waals surface area contributed by atoms with Gasteiger partial charge in [0.05, 0.1) is 4.83 Å². The maximum atomic E-state index is 5.63. The molecule has 98 valence electrons. The van der Waals surface area contributed by atoms with Gasteiger partial charge in [-0.2, -0.15) is 0 Å². The number of alkyl halides is 1. The molecule has 0 aromatic heterocycles. The number of rotatable bonds is 2. The van der Waals surface area contributed by atoms with Crippen molar-refractivity contribution in [2.45, 2.75) is 4.83 Å². The molecule has 0 amide bonds. The first-order chi connectivity index (χ1) is 9.25. The van der Waals surface area contributed by atoms with E-state index >= 15 is 0 Å². The van der Waals surface area contributed by atoms with Crippen LogP contribution in [-0.4, -0.2) is 13.2 Å². The molecule has 1 heterocycles. The van der Waals surface area contributed by atoms with E-state index in [1.165, 1.54) is 14.7 Å². The van der Waals surface area contributed by atoms with Gasteiger partial charge in [-0.1, -0.05) is 40.2 Å². The molecule has 0 N–H and O–H groups in total. The Bertz CT molecular complexity index is 600. The van der Waals surface area contributed by atoms with Gasteiger partial charge in [-0.15, -0.1) is 0 Å². The third-order valence-corrected chi connectivity index (χ3v) is 5.04. The summed E-state index contributed by atoms with van der Waals surface area (Å²) >= 11 is 6.13. The molecule has 3 rings (SSSR count). The van der Waals surface area contributed by atoms with Crippen LogP contribution in [-0.2, 0) is 0 Å². The molecule has 19 heavy (non-hydrogen) atoms. The SMILES string of the molecule is BrC(c1ccc2c(c1)OCCO2)c1ccccc1I. The van der Waals surface area contributed by atoms with Crippen LogP contribution in [0.4, 0.5) is 0 Å². The minimum Gasteiger partial charge on any atom is -0.486 e. The molecule has 1 unspecified atom stereocenters. The summed E-state index contributed by atoms with van der Waals surface area (Å²) < 4.78 is 12.4. The summed E-state index contributed by atoms with van der Waals surface area (Å²) in [5.41, 5.74) is 2.44. The van der Waals surface area contributed by atoms with E-state index in [9.17, 15) is 0 Å². The fraction of sp³-hybridized carbons (Fsp3) is 0.200. The van der Waals surface area contributed by atoms with Crippen molar-refractivity contribution in [1.29, 1.82) is 0 Å². The lowest BCUT2D eigenvalue weighted by Gasteiger charge is -2.20. The summed E-state index contributed by atoms with van der Waals surface area (Å²) in [4.78, 5) is 0.163. The lowest BCUT2D eigenvalue weighted by Crippen LogP contribution is -2.15. The quantitative estimate of drug-likeness (QED) is 0.514. The molecule has 0 bridgehead atoms. The molecule has 1 aliphatic rings. The summed E-state index contributed by atoms with van der Waals surface area (Å²) in [6, 6.07) is 14.5. The molecular weight excluding hydrogens is 419 g/mol. The number of halogens is 2. The Labute approximate surface area is 134 Å². The Balaban J connectivity index is 1.96. The van der Waals surface area contributed by atoms with Crippen LogP contribution in [0.15, 0.2) is 42.5 Å². The van der Waals surface area contributed by atoms with Crippen LogP contribution < -0.4 is 9.47 Å². The van der Waals surface area contributed by atoms with Crippen LogP contribution in [0.2, 0.25) is 0 Å². The molecule has 2 aromatic rings. The molecule has 2 nitrogen and oxygen atoms in total. The van der Waals surface area contributed by atoms with Gasteiger partial charge < -0.3 is 9.47 Å². The summed E-state index contributed by atoms with van der Waals surface area (Å²) in [5.74, 6) is 1.66. The molecule has 0 fully saturated rings. The zero-order chi connectivity index (χ0) is 13.2. The van der Waals surface area contributed by atoms with Crippen molar-refractivity contribution < 1.29 is 9.47 Å². The maximum Gasteiger partial charge on any atom is 0.161 e. The van der Waals surface area contributed by atoms with Gasteiger partial charge in [0.25, 0.3) is 0 Å². The highest BCUT2D eigenvalue weighted by molar-refractivity contribution is 14.1. The van der Waals surface area contributed by atoms with E-state index in [2.05, 4.69) is 74.9 Å². The van der Waals surface area contributed by atoms with Gasteiger partial charge in [-0.3, -0.25) is 0 Å². The zero-order valence-corrected chi connectivity index (χ0v) is 13.8. The van der Waals surface area contributed by atoms with Crippen LogP contribution in [0.3, 0.4) is 0 Å². The van der Waals surface area contributed by atoms with Crippen LogP contribution >= 0.6 is 38.5 Å². The molecule has 0 saturated carbocycles. The lowest BCUT2D eigenvalue weighted by atomic mass is 10.0. The molecule has 0 aliphatic carbocycles. The van der Waals surface area contributed by atoms with E-state index in [0.717, 1.165) is 11.5 Å². The van der Waals surface area contributed by atoms with Gasteiger partial charge in [-0.25, -0.2) is 0 Å². The standard InChI is InChI=1S/C15H12BrIO2/c16-15(11-3-1-2-4-12(11)17)10-5-6-13-14(9-10)19-8-7-18-13/h1-6,9,15H,7-8H2. The fourth-order valence-electron chi connectivity index (χ4n) is 2.08. The number of hydrogen-bond acceptors (Lipinski definition) is 2. The van der Waals surface area contributed by atoms with E-state index in [1.807, 2.05) is 6.07 Å². The molecular formula is C15H12BrIO2. The van der Waals surface area contributed by atoms with Crippen molar-refractivity contribution in [1.82, 2.24) is 0 Å². The van der Waals surface area contributed by atoms with Crippen molar-refractivity contribution in [3.05, 3.63) is 57.2 Å². The summed E-state index contributed by atoms with van der Waals surface area (Å²) in [6.45, 7) is 1.24. The second-order valence-corrected chi connectivity index (χ2v) is 6.37. The molecule has 0 spiro atoms. The van der Waals surface area contributed by atoms with Crippen molar-refractivity contribution >= 4 is 38.5 Å². The van der Waals surface area contributed by atoms with Crippen molar-refractivity contribution in [3.63, 3.8) is 0 Å². The number of ether oxygens (including phenoxy) is 2. The minimum atomic E-state index is 0.163. The monoisotopic (exact) mass is 430 g/mol. The van der Waals surface area contributed by atoms with Crippen molar-refractivity contribution in [3.8, 4) is 11.5 Å². The first-order valence-electron chi connectivity index (χ1n) is 6.04. The Hall–Kier alpha value is -0.750. The van der Waals surface area contributed by atoms with Gasteiger partial charge >= 0.3 is 0 Å². The highest BCUT2D eigenvalue weighted by Crippen LogP contribution is 2.38. The number of fused-ring (bicyclic) bond motifs is 1. The third-order valence-electron chi connectivity index (χ3n) is 3.04. The normalized spacial score (nSPS) is 15.1. The Morgan fingerprint density at radius 1 is 1.00 bits per heavy atom. The molecule has 2 aromatic carbocycles. The highest BCUT2D eigenvalue weighted by atomic mass is 127. The van der Waals surface area contributed by atoms with Gasteiger partial charge in [0, 0.05) is 3.57 Å². The predicted octanol–water partition coefficient (Wildman–Crippen LogP) is 4.55. The van der Waals surface area contributed by atoms with Crippen LogP contribution in [0, 0.1) is 3.57 Å². The van der Waals surface area contributed by atoms with Crippen molar-refractivity contribution in [2.24, 2.45) is 0 Å². The summed E-state index contributed by atoms with van der Waals surface area (Å²) in [7, 11) is 0. The highest BCUT2D eigenvalue weighted by Gasteiger charge is 2.17. The number of benzene rings is 2. The molecule has 1 aliphatic heterocycles. The van der Waals surface area contributed by atoms with E-state index in [-0.39, 0.29) is 4.83 Å². The third kappa shape index (κ3) is 2.74. The average molecular weight is 431 g/mol.